The average Bonchev–Trinajstić information content (AvgIpc) is 4.09. The fourth-order valence-electron chi connectivity index (χ4n) is 4.42. The Balaban J connectivity index is 0.000000168. The molecule has 310 valence electrons. The molecule has 0 bridgehead atoms. The van der Waals surface area contributed by atoms with Crippen molar-refractivity contribution in [3.05, 3.63) is 146 Å². The molecule has 0 radical (unpaired) electrons. The minimum atomic E-state index is -1.36. The molecule has 8 aromatic heterocycles. The summed E-state index contributed by atoms with van der Waals surface area (Å²) >= 11 is 3.29. The maximum absolute atomic E-state index is 8.10. The van der Waals surface area contributed by atoms with E-state index < -0.39 is 8.07 Å². The van der Waals surface area contributed by atoms with Crippen LogP contribution in [0.15, 0.2) is 130 Å². The SMILES string of the molecule is BrCc1ncc(-c2ccoc2)cn1.COc1cnc(C)nc1.Cc1ncc(-c2ccoc2)cn1.Cc1ncc(-c2coc([Si](C)(C)C)c2)cn1.Cc1ncc(/C=N/O)cn1. The molecular formula is C42H46BrN11O5Si. The molecule has 0 aliphatic heterocycles. The van der Waals surface area contributed by atoms with Gasteiger partial charge in [0.05, 0.1) is 67.7 Å². The number of nitrogens with zero attached hydrogens (tertiary/aromatic N) is 11. The van der Waals surface area contributed by atoms with Gasteiger partial charge in [-0.25, -0.2) is 49.8 Å². The molecular weight excluding hydrogens is 847 g/mol. The van der Waals surface area contributed by atoms with Gasteiger partial charge in [-0.15, -0.1) is 0 Å². The summed E-state index contributed by atoms with van der Waals surface area (Å²) in [6, 6.07) is 5.88. The molecule has 0 amide bonds. The van der Waals surface area contributed by atoms with Gasteiger partial charge in [-0.2, -0.15) is 0 Å². The number of aryl methyl sites for hydroxylation is 4. The predicted octanol–water partition coefficient (Wildman–Crippen LogP) is 8.65. The molecule has 0 aromatic carbocycles. The van der Waals surface area contributed by atoms with Crippen LogP contribution in [-0.4, -0.2) is 76.4 Å². The lowest BCUT2D eigenvalue weighted by molar-refractivity contribution is 0.322. The van der Waals surface area contributed by atoms with Gasteiger partial charge in [0, 0.05) is 88.5 Å². The second-order valence-corrected chi connectivity index (χ2v) is 19.1. The van der Waals surface area contributed by atoms with Crippen LogP contribution in [0.3, 0.4) is 0 Å². The van der Waals surface area contributed by atoms with Crippen molar-refractivity contribution < 1.29 is 23.2 Å². The quantitative estimate of drug-likeness (QED) is 0.0522. The Kier molecular flexibility index (Phi) is 18.0. The predicted molar refractivity (Wildman–Crippen MR) is 234 cm³/mol. The number of furan rings is 3. The van der Waals surface area contributed by atoms with Crippen LogP contribution in [0, 0.1) is 27.7 Å². The van der Waals surface area contributed by atoms with Crippen LogP contribution in [0.1, 0.15) is 34.7 Å². The Labute approximate surface area is 357 Å². The zero-order valence-corrected chi connectivity index (χ0v) is 37.1. The van der Waals surface area contributed by atoms with Crippen molar-refractivity contribution in [2.45, 2.75) is 52.7 Å². The highest BCUT2D eigenvalue weighted by Gasteiger charge is 2.21. The highest BCUT2D eigenvalue weighted by atomic mass is 79.9. The zero-order valence-electron chi connectivity index (χ0n) is 34.6. The number of aromatic nitrogens is 10. The van der Waals surface area contributed by atoms with Gasteiger partial charge in [0.1, 0.15) is 37.2 Å². The summed E-state index contributed by atoms with van der Waals surface area (Å²) in [5.74, 6) is 4.51. The molecule has 0 fully saturated rings. The topological polar surface area (TPSA) is 210 Å². The number of rotatable bonds is 7. The molecule has 8 aromatic rings. The van der Waals surface area contributed by atoms with Crippen LogP contribution in [-0.2, 0) is 5.33 Å². The van der Waals surface area contributed by atoms with Crippen molar-refractivity contribution >= 4 is 35.6 Å². The van der Waals surface area contributed by atoms with Gasteiger partial charge < -0.3 is 23.2 Å². The number of halogens is 1. The van der Waals surface area contributed by atoms with Gasteiger partial charge in [-0.3, -0.25) is 0 Å². The Hall–Kier alpha value is -6.79. The van der Waals surface area contributed by atoms with E-state index in [0.29, 0.717) is 22.5 Å². The van der Waals surface area contributed by atoms with E-state index in [9.17, 15) is 0 Å². The third-order valence-electron chi connectivity index (χ3n) is 7.77. The molecule has 0 saturated heterocycles. The van der Waals surface area contributed by atoms with Gasteiger partial charge in [0.15, 0.2) is 5.75 Å². The van der Waals surface area contributed by atoms with Crippen LogP contribution >= 0.6 is 15.9 Å². The van der Waals surface area contributed by atoms with Gasteiger partial charge in [-0.05, 0) is 45.9 Å². The summed E-state index contributed by atoms with van der Waals surface area (Å²) in [6.45, 7) is 14.2. The first-order valence-corrected chi connectivity index (χ1v) is 22.9. The highest BCUT2D eigenvalue weighted by molar-refractivity contribution is 9.08. The normalized spacial score (nSPS) is 10.5. The minimum Gasteiger partial charge on any atom is -0.494 e. The summed E-state index contributed by atoms with van der Waals surface area (Å²) in [6.07, 6.45) is 26.9. The molecule has 0 unspecified atom stereocenters. The van der Waals surface area contributed by atoms with E-state index in [1.807, 2.05) is 45.3 Å². The van der Waals surface area contributed by atoms with Crippen molar-refractivity contribution in [2.24, 2.45) is 5.16 Å². The first-order valence-electron chi connectivity index (χ1n) is 18.3. The average molecular weight is 893 g/mol. The maximum atomic E-state index is 8.10. The number of ether oxygens (including phenoxy) is 1. The number of hydrogen-bond acceptors (Lipinski definition) is 16. The second-order valence-electron chi connectivity index (χ2n) is 13.5. The van der Waals surface area contributed by atoms with Gasteiger partial charge in [0.25, 0.3) is 0 Å². The van der Waals surface area contributed by atoms with Crippen molar-refractivity contribution in [1.29, 1.82) is 0 Å². The monoisotopic (exact) mass is 891 g/mol. The smallest absolute Gasteiger partial charge is 0.155 e. The first kappa shape index (κ1) is 45.9. The second kappa shape index (κ2) is 23.6. The molecule has 1 N–H and O–H groups in total. The van der Waals surface area contributed by atoms with Crippen molar-refractivity contribution in [1.82, 2.24) is 49.8 Å². The van der Waals surface area contributed by atoms with Crippen LogP contribution in [0.4, 0.5) is 0 Å². The fraction of sp³-hybridized carbons (Fsp3) is 0.214. The van der Waals surface area contributed by atoms with Crippen LogP contribution in [0.2, 0.25) is 19.6 Å². The third kappa shape index (κ3) is 15.5. The van der Waals surface area contributed by atoms with E-state index in [1.165, 1.54) is 6.21 Å². The summed E-state index contributed by atoms with van der Waals surface area (Å²) in [5.41, 5.74) is 6.73. The fourth-order valence-corrected chi connectivity index (χ4v) is 5.71. The minimum absolute atomic E-state index is 0.679. The van der Waals surface area contributed by atoms with Gasteiger partial charge in [-0.1, -0.05) is 40.7 Å². The third-order valence-corrected chi connectivity index (χ3v) is 10.0. The molecule has 0 aliphatic carbocycles. The lowest BCUT2D eigenvalue weighted by Gasteiger charge is -2.10. The molecule has 0 spiro atoms. The Morgan fingerprint density at radius 1 is 0.600 bits per heavy atom. The van der Waals surface area contributed by atoms with E-state index in [0.717, 1.165) is 62.1 Å². The number of methoxy groups -OCH3 is 1. The van der Waals surface area contributed by atoms with E-state index in [-0.39, 0.29) is 0 Å². The number of hydrogen-bond donors (Lipinski definition) is 1. The van der Waals surface area contributed by atoms with Crippen LogP contribution in [0.5, 0.6) is 5.75 Å². The van der Waals surface area contributed by atoms with Gasteiger partial charge >= 0.3 is 0 Å². The molecule has 8 heterocycles. The summed E-state index contributed by atoms with van der Waals surface area (Å²) in [7, 11) is 0.228. The summed E-state index contributed by atoms with van der Waals surface area (Å²) in [4.78, 5) is 40.4. The first-order chi connectivity index (χ1) is 28.9. The van der Waals surface area contributed by atoms with Crippen molar-refractivity contribution in [3.8, 4) is 39.1 Å². The van der Waals surface area contributed by atoms with E-state index in [1.54, 1.807) is 94.9 Å². The maximum Gasteiger partial charge on any atom is 0.155 e. The van der Waals surface area contributed by atoms with Crippen molar-refractivity contribution in [3.63, 3.8) is 0 Å². The summed E-state index contributed by atoms with van der Waals surface area (Å²) < 4.78 is 20.4. The molecule has 0 atom stereocenters. The lowest BCUT2D eigenvalue weighted by atomic mass is 10.2. The van der Waals surface area contributed by atoms with E-state index in [2.05, 4.69) is 96.6 Å². The van der Waals surface area contributed by atoms with Crippen molar-refractivity contribution in [2.75, 3.05) is 7.11 Å². The van der Waals surface area contributed by atoms with Crippen LogP contribution < -0.4 is 10.1 Å². The van der Waals surface area contributed by atoms with Crippen LogP contribution in [0.25, 0.3) is 33.4 Å². The van der Waals surface area contributed by atoms with E-state index in [4.69, 9.17) is 23.2 Å². The molecule has 16 nitrogen and oxygen atoms in total. The zero-order chi connectivity index (χ0) is 43.3. The number of oxime groups is 1. The van der Waals surface area contributed by atoms with Gasteiger partial charge in [0.2, 0.25) is 0 Å². The Morgan fingerprint density at radius 3 is 1.38 bits per heavy atom. The summed E-state index contributed by atoms with van der Waals surface area (Å²) in [5, 5.41) is 12.7. The standard InChI is InChI=1S/C12H16N2OSi.C9H7BrN2O.C9H8N2O.C6H7N3O.C6H8N2O/c1-9-13-6-11(7-14-9)10-5-12(15-8-10)16(2,3)4;10-3-9-11-4-8(5-12-9)7-1-2-13-6-7;1-7-10-4-9(5-11-7)8-2-3-12-6-8;1-5-7-2-6(3-8-5)4-9-10;1-5-7-3-6(9-2)4-8-5/h5-8H,1-4H3;1-2,4-6H,3H2;2-6H,1H3;2-4,10H,1H3;3-4H,1-2H3/b;;;9-4+;. The molecule has 60 heavy (non-hydrogen) atoms. The highest BCUT2D eigenvalue weighted by Crippen LogP contribution is 2.20. The molecule has 0 aliphatic rings. The Bertz CT molecular complexity index is 2410. The molecule has 18 heteroatoms. The molecule has 8 rings (SSSR count). The molecule has 0 saturated carbocycles. The van der Waals surface area contributed by atoms with E-state index >= 15 is 0 Å². The number of alkyl halides is 1. The Morgan fingerprint density at radius 2 is 1.02 bits per heavy atom. The largest absolute Gasteiger partial charge is 0.494 e. The lowest BCUT2D eigenvalue weighted by Crippen LogP contribution is -2.36.